The lowest BCUT2D eigenvalue weighted by Crippen LogP contribution is -2.33. The molecule has 0 radical (unpaired) electrons. The zero-order chi connectivity index (χ0) is 18.3. The molecular formula is C16H17FN6O2S. The molecule has 1 aliphatic rings. The summed E-state index contributed by atoms with van der Waals surface area (Å²) < 4.78 is 21.2. The van der Waals surface area contributed by atoms with E-state index >= 15 is 0 Å². The molecular weight excluding hydrogens is 359 g/mol. The molecule has 3 aromatic rings. The number of aryl methyl sites for hydroxylation is 1. The number of halogens is 1. The van der Waals surface area contributed by atoms with Gasteiger partial charge in [0, 0.05) is 37.1 Å². The lowest BCUT2D eigenvalue weighted by molar-refractivity contribution is 0.218. The van der Waals surface area contributed by atoms with Gasteiger partial charge >= 0.3 is 6.03 Å². The van der Waals surface area contributed by atoms with Crippen LogP contribution >= 0.6 is 11.3 Å². The van der Waals surface area contributed by atoms with Crippen LogP contribution in [0.3, 0.4) is 0 Å². The number of amides is 2. The van der Waals surface area contributed by atoms with Gasteiger partial charge in [-0.25, -0.2) is 19.2 Å². The molecule has 1 atom stereocenters. The van der Waals surface area contributed by atoms with E-state index in [1.54, 1.807) is 17.1 Å². The minimum Gasteiger partial charge on any atom is -0.479 e. The van der Waals surface area contributed by atoms with Gasteiger partial charge in [-0.2, -0.15) is 5.10 Å². The highest BCUT2D eigenvalue weighted by atomic mass is 32.1. The number of anilines is 1. The maximum atomic E-state index is 13.3. The number of methoxy groups -OCH3 is 1. The summed E-state index contributed by atoms with van der Waals surface area (Å²) in [5.74, 6) is 0.384. The number of aromatic nitrogens is 4. The molecule has 1 fully saturated rings. The van der Waals surface area contributed by atoms with E-state index in [0.717, 1.165) is 15.8 Å². The second kappa shape index (κ2) is 6.52. The van der Waals surface area contributed by atoms with Crippen molar-refractivity contribution in [2.24, 2.45) is 7.05 Å². The number of carbonyl (C=O) groups is 1. The summed E-state index contributed by atoms with van der Waals surface area (Å²) in [5.41, 5.74) is 2.32. The Kier molecular flexibility index (Phi) is 4.19. The van der Waals surface area contributed by atoms with Gasteiger partial charge in [-0.1, -0.05) is 11.3 Å². The number of hydrogen-bond donors (Lipinski definition) is 1. The second-order valence-electron chi connectivity index (χ2n) is 6.04. The van der Waals surface area contributed by atoms with Gasteiger partial charge in [0.1, 0.15) is 11.7 Å². The first kappa shape index (κ1) is 16.7. The highest BCUT2D eigenvalue weighted by Gasteiger charge is 2.27. The summed E-state index contributed by atoms with van der Waals surface area (Å²) in [6.45, 7) is 0.520. The van der Waals surface area contributed by atoms with Crippen molar-refractivity contribution in [2.45, 2.75) is 12.6 Å². The molecule has 0 spiro atoms. The fourth-order valence-corrected chi connectivity index (χ4v) is 3.91. The summed E-state index contributed by atoms with van der Waals surface area (Å²) in [7, 11) is 3.36. The molecule has 1 N–H and O–H groups in total. The average molecular weight is 376 g/mol. The van der Waals surface area contributed by atoms with Crippen LogP contribution in [-0.4, -0.2) is 57.1 Å². The highest BCUT2D eigenvalue weighted by molar-refractivity contribution is 7.23. The van der Waals surface area contributed by atoms with E-state index in [1.807, 2.05) is 13.2 Å². The Bertz CT molecular complexity index is 971. The van der Waals surface area contributed by atoms with Crippen LogP contribution in [0, 0.1) is 0 Å². The van der Waals surface area contributed by atoms with Crippen molar-refractivity contribution in [1.82, 2.24) is 24.6 Å². The zero-order valence-corrected chi connectivity index (χ0v) is 15.1. The molecule has 1 saturated heterocycles. The van der Waals surface area contributed by atoms with Crippen molar-refractivity contribution >= 4 is 32.7 Å². The standard InChI is InChI=1S/C16H17FN6O2S/c1-22-7-9(5-19-22)11-6-18-14(25-2)12-13(11)26-15(20-12)21-16(24)23-4-3-10(17)8-23/h5-7,10H,3-4,8H2,1-2H3,(H,20,21,24)/t10-/m0/s1. The monoisotopic (exact) mass is 376 g/mol. The molecule has 136 valence electrons. The first-order chi connectivity index (χ1) is 12.5. The van der Waals surface area contributed by atoms with Gasteiger partial charge in [-0.15, -0.1) is 0 Å². The van der Waals surface area contributed by atoms with E-state index in [9.17, 15) is 9.18 Å². The summed E-state index contributed by atoms with van der Waals surface area (Å²) in [5, 5.41) is 7.36. The van der Waals surface area contributed by atoms with E-state index in [0.29, 0.717) is 29.5 Å². The average Bonchev–Trinajstić information content (AvgIpc) is 3.33. The van der Waals surface area contributed by atoms with E-state index < -0.39 is 6.17 Å². The van der Waals surface area contributed by atoms with Crippen LogP contribution in [0.25, 0.3) is 21.3 Å². The van der Waals surface area contributed by atoms with Gasteiger partial charge in [0.15, 0.2) is 5.13 Å². The van der Waals surface area contributed by atoms with Crippen molar-refractivity contribution in [2.75, 3.05) is 25.5 Å². The topological polar surface area (TPSA) is 85.2 Å². The summed E-state index contributed by atoms with van der Waals surface area (Å²) >= 11 is 1.32. The number of alkyl halides is 1. The molecule has 0 aliphatic carbocycles. The Balaban J connectivity index is 1.70. The third-order valence-corrected chi connectivity index (χ3v) is 5.23. The van der Waals surface area contributed by atoms with Gasteiger partial charge in [-0.05, 0) is 6.42 Å². The quantitative estimate of drug-likeness (QED) is 0.760. The molecule has 8 nitrogen and oxygen atoms in total. The van der Waals surface area contributed by atoms with Crippen molar-refractivity contribution in [1.29, 1.82) is 0 Å². The predicted octanol–water partition coefficient (Wildman–Crippen LogP) is 2.68. The summed E-state index contributed by atoms with van der Waals surface area (Å²) in [4.78, 5) is 22.5. The number of thiazole rings is 1. The molecule has 10 heteroatoms. The number of urea groups is 1. The van der Waals surface area contributed by atoms with Crippen LogP contribution in [0.2, 0.25) is 0 Å². The minimum absolute atomic E-state index is 0.114. The van der Waals surface area contributed by atoms with Gasteiger partial charge in [0.2, 0.25) is 5.88 Å². The van der Waals surface area contributed by atoms with Gasteiger partial charge in [-0.3, -0.25) is 10.00 Å². The van der Waals surface area contributed by atoms with Crippen LogP contribution in [-0.2, 0) is 7.05 Å². The third kappa shape index (κ3) is 2.96. The fourth-order valence-electron chi connectivity index (χ4n) is 2.93. The Morgan fingerprint density at radius 3 is 2.96 bits per heavy atom. The van der Waals surface area contributed by atoms with Crippen LogP contribution in [0.1, 0.15) is 6.42 Å². The predicted molar refractivity (Wildman–Crippen MR) is 96.3 cm³/mol. The molecule has 26 heavy (non-hydrogen) atoms. The number of fused-ring (bicyclic) bond motifs is 1. The van der Waals surface area contributed by atoms with Crippen molar-refractivity contribution in [3.8, 4) is 17.0 Å². The van der Waals surface area contributed by atoms with Crippen LogP contribution in [0.5, 0.6) is 5.88 Å². The number of nitrogens with zero attached hydrogens (tertiary/aromatic N) is 5. The largest absolute Gasteiger partial charge is 0.479 e. The molecule has 2 amide bonds. The fraction of sp³-hybridized carbons (Fsp3) is 0.375. The Labute approximate surface area is 152 Å². The zero-order valence-electron chi connectivity index (χ0n) is 14.3. The number of carbonyl (C=O) groups excluding carboxylic acids is 1. The Morgan fingerprint density at radius 1 is 1.46 bits per heavy atom. The van der Waals surface area contributed by atoms with Crippen molar-refractivity contribution in [3.05, 3.63) is 18.6 Å². The number of rotatable bonds is 3. The minimum atomic E-state index is -0.961. The number of ether oxygens (including phenoxy) is 1. The van der Waals surface area contributed by atoms with Crippen LogP contribution in [0.4, 0.5) is 14.3 Å². The normalized spacial score (nSPS) is 17.0. The van der Waals surface area contributed by atoms with E-state index in [2.05, 4.69) is 20.4 Å². The van der Waals surface area contributed by atoms with Crippen molar-refractivity contribution < 1.29 is 13.9 Å². The molecule has 4 heterocycles. The Morgan fingerprint density at radius 2 is 2.31 bits per heavy atom. The SMILES string of the molecule is COc1ncc(-c2cnn(C)c2)c2sc(NC(=O)N3CC[C@H](F)C3)nc12. The molecule has 0 unspecified atom stereocenters. The van der Waals surface area contributed by atoms with Gasteiger partial charge < -0.3 is 9.64 Å². The van der Waals surface area contributed by atoms with Gasteiger partial charge in [0.05, 0.1) is 24.6 Å². The van der Waals surface area contributed by atoms with E-state index in [4.69, 9.17) is 4.74 Å². The number of hydrogen-bond acceptors (Lipinski definition) is 6. The highest BCUT2D eigenvalue weighted by Crippen LogP contribution is 2.38. The molecule has 0 aromatic carbocycles. The smallest absolute Gasteiger partial charge is 0.323 e. The first-order valence-corrected chi connectivity index (χ1v) is 8.89. The number of likely N-dealkylation sites (tertiary alicyclic amines) is 1. The summed E-state index contributed by atoms with van der Waals surface area (Å²) in [6.07, 6.45) is 4.74. The van der Waals surface area contributed by atoms with E-state index in [1.165, 1.54) is 23.3 Å². The summed E-state index contributed by atoms with van der Waals surface area (Å²) in [6, 6.07) is -0.348. The number of pyridine rings is 1. The molecule has 4 rings (SSSR count). The third-order valence-electron chi connectivity index (χ3n) is 4.23. The van der Waals surface area contributed by atoms with Crippen LogP contribution < -0.4 is 10.1 Å². The molecule has 0 bridgehead atoms. The van der Waals surface area contributed by atoms with Gasteiger partial charge in [0.25, 0.3) is 0 Å². The van der Waals surface area contributed by atoms with Crippen molar-refractivity contribution in [3.63, 3.8) is 0 Å². The van der Waals surface area contributed by atoms with Crippen LogP contribution in [0.15, 0.2) is 18.6 Å². The molecule has 0 saturated carbocycles. The lowest BCUT2D eigenvalue weighted by Gasteiger charge is -2.14. The maximum absolute atomic E-state index is 13.3. The van der Waals surface area contributed by atoms with E-state index in [-0.39, 0.29) is 12.6 Å². The maximum Gasteiger partial charge on any atom is 0.323 e. The number of nitrogens with one attached hydrogen (secondary N) is 1. The second-order valence-corrected chi connectivity index (χ2v) is 7.04. The lowest BCUT2D eigenvalue weighted by atomic mass is 10.1. The molecule has 1 aliphatic heterocycles. The Hall–Kier alpha value is -2.75. The molecule has 3 aromatic heterocycles. The first-order valence-electron chi connectivity index (χ1n) is 8.07.